The molecule has 94 valence electrons. The summed E-state index contributed by atoms with van der Waals surface area (Å²) in [6.07, 6.45) is 3.97. The summed E-state index contributed by atoms with van der Waals surface area (Å²) in [4.78, 5) is 10.3. The second-order valence-corrected chi connectivity index (χ2v) is 5.32. The molecule has 0 saturated carbocycles. The minimum atomic E-state index is 0.264. The first-order valence-corrected chi connectivity index (χ1v) is 6.48. The summed E-state index contributed by atoms with van der Waals surface area (Å²) in [5.41, 5.74) is 6.50. The molecule has 2 N–H and O–H groups in total. The van der Waals surface area contributed by atoms with Crippen molar-refractivity contribution in [3.8, 4) is 0 Å². The van der Waals surface area contributed by atoms with Crippen molar-refractivity contribution >= 4 is 23.1 Å². The highest BCUT2D eigenvalue weighted by Crippen LogP contribution is 2.29. The average molecular weight is 255 g/mol. The molecule has 0 bridgehead atoms. The fourth-order valence-electron chi connectivity index (χ4n) is 2.39. The van der Waals surface area contributed by atoms with Crippen LogP contribution in [0, 0.1) is 11.8 Å². The first-order valence-electron chi connectivity index (χ1n) is 6.11. The molecule has 4 nitrogen and oxygen atoms in total. The zero-order valence-electron chi connectivity index (χ0n) is 10.4. The quantitative estimate of drug-likeness (QED) is 0.825. The van der Waals surface area contributed by atoms with Crippen LogP contribution in [-0.4, -0.2) is 23.1 Å². The molecule has 17 heavy (non-hydrogen) atoms. The molecule has 1 aromatic rings. The van der Waals surface area contributed by atoms with Gasteiger partial charge in [0, 0.05) is 13.1 Å². The standard InChI is InChI=1S/C12H19ClN4/c1-8(2)9-3-5-17(6-4-9)11-10(14)7-15-12(13)16-11/h7-9H,3-6,14H2,1-2H3. The van der Waals surface area contributed by atoms with Gasteiger partial charge in [0.2, 0.25) is 5.28 Å². The highest BCUT2D eigenvalue weighted by atomic mass is 35.5. The zero-order valence-corrected chi connectivity index (χ0v) is 11.1. The van der Waals surface area contributed by atoms with Crippen LogP contribution < -0.4 is 10.6 Å². The second kappa shape index (κ2) is 5.08. The van der Waals surface area contributed by atoms with Crippen molar-refractivity contribution in [2.45, 2.75) is 26.7 Å². The SMILES string of the molecule is CC(C)C1CCN(c2nc(Cl)ncc2N)CC1. The lowest BCUT2D eigenvalue weighted by atomic mass is 9.87. The van der Waals surface area contributed by atoms with Crippen molar-refractivity contribution in [3.05, 3.63) is 11.5 Å². The fourth-order valence-corrected chi connectivity index (χ4v) is 2.52. The number of aromatic nitrogens is 2. The molecule has 1 saturated heterocycles. The van der Waals surface area contributed by atoms with Crippen molar-refractivity contribution in [1.82, 2.24) is 9.97 Å². The summed E-state index contributed by atoms with van der Waals surface area (Å²) in [6.45, 7) is 6.58. The van der Waals surface area contributed by atoms with Gasteiger partial charge in [0.25, 0.3) is 0 Å². The number of piperidine rings is 1. The van der Waals surface area contributed by atoms with Gasteiger partial charge in [-0.05, 0) is 36.3 Å². The zero-order chi connectivity index (χ0) is 12.4. The molecule has 0 unspecified atom stereocenters. The molecule has 1 aromatic heterocycles. The molecule has 0 amide bonds. The van der Waals surface area contributed by atoms with E-state index in [4.69, 9.17) is 17.3 Å². The Hall–Kier alpha value is -1.03. The number of hydrogen-bond donors (Lipinski definition) is 1. The van der Waals surface area contributed by atoms with E-state index < -0.39 is 0 Å². The highest BCUT2D eigenvalue weighted by Gasteiger charge is 2.23. The maximum absolute atomic E-state index is 5.89. The van der Waals surface area contributed by atoms with Crippen LogP contribution >= 0.6 is 11.6 Å². The Bertz CT molecular complexity index is 386. The number of nitrogens with two attached hydrogens (primary N) is 1. The van der Waals surface area contributed by atoms with Crippen molar-refractivity contribution in [2.24, 2.45) is 11.8 Å². The molecule has 0 radical (unpaired) electrons. The van der Waals surface area contributed by atoms with Gasteiger partial charge in [-0.3, -0.25) is 0 Å². The van der Waals surface area contributed by atoms with E-state index in [0.717, 1.165) is 30.7 Å². The van der Waals surface area contributed by atoms with E-state index in [2.05, 4.69) is 28.7 Å². The van der Waals surface area contributed by atoms with Gasteiger partial charge < -0.3 is 10.6 Å². The topological polar surface area (TPSA) is 55.0 Å². The fraction of sp³-hybridized carbons (Fsp3) is 0.667. The largest absolute Gasteiger partial charge is 0.394 e. The maximum Gasteiger partial charge on any atom is 0.224 e. The molecule has 1 fully saturated rings. The van der Waals surface area contributed by atoms with Crippen LogP contribution in [0.15, 0.2) is 6.20 Å². The van der Waals surface area contributed by atoms with Crippen LogP contribution in [0.3, 0.4) is 0 Å². The Labute approximate surface area is 107 Å². The molecule has 0 aliphatic carbocycles. The van der Waals surface area contributed by atoms with E-state index in [-0.39, 0.29) is 5.28 Å². The van der Waals surface area contributed by atoms with Gasteiger partial charge in [-0.15, -0.1) is 0 Å². The summed E-state index contributed by atoms with van der Waals surface area (Å²) in [6, 6.07) is 0. The predicted octanol–water partition coefficient (Wildman–Crippen LogP) is 2.58. The molecule has 2 rings (SSSR count). The van der Waals surface area contributed by atoms with E-state index >= 15 is 0 Å². The molecule has 0 atom stereocenters. The molecule has 0 aromatic carbocycles. The van der Waals surface area contributed by atoms with Crippen LogP contribution in [0.5, 0.6) is 0 Å². The van der Waals surface area contributed by atoms with E-state index in [0.29, 0.717) is 5.69 Å². The predicted molar refractivity (Wildman–Crippen MR) is 71.2 cm³/mol. The van der Waals surface area contributed by atoms with Gasteiger partial charge in [-0.1, -0.05) is 13.8 Å². The van der Waals surface area contributed by atoms with Gasteiger partial charge in [-0.25, -0.2) is 4.98 Å². The van der Waals surface area contributed by atoms with Crippen LogP contribution in [0.4, 0.5) is 11.5 Å². The number of nitrogen functional groups attached to an aromatic ring is 1. The molecule has 2 heterocycles. The molecular weight excluding hydrogens is 236 g/mol. The van der Waals surface area contributed by atoms with Crippen LogP contribution in [-0.2, 0) is 0 Å². The molecule has 1 aliphatic rings. The third-order valence-corrected chi connectivity index (χ3v) is 3.73. The number of halogens is 1. The smallest absolute Gasteiger partial charge is 0.224 e. The Morgan fingerprint density at radius 2 is 2.06 bits per heavy atom. The number of rotatable bonds is 2. The van der Waals surface area contributed by atoms with Crippen molar-refractivity contribution in [2.75, 3.05) is 23.7 Å². The van der Waals surface area contributed by atoms with Crippen molar-refractivity contribution in [1.29, 1.82) is 0 Å². The summed E-state index contributed by atoms with van der Waals surface area (Å²) in [7, 11) is 0. The second-order valence-electron chi connectivity index (χ2n) is 4.99. The molecule has 5 heteroatoms. The van der Waals surface area contributed by atoms with Crippen molar-refractivity contribution in [3.63, 3.8) is 0 Å². The highest BCUT2D eigenvalue weighted by molar-refractivity contribution is 6.28. The van der Waals surface area contributed by atoms with Gasteiger partial charge in [0.15, 0.2) is 5.82 Å². The van der Waals surface area contributed by atoms with Crippen LogP contribution in [0.1, 0.15) is 26.7 Å². The average Bonchev–Trinajstić information content (AvgIpc) is 2.32. The van der Waals surface area contributed by atoms with Crippen molar-refractivity contribution < 1.29 is 0 Å². The third kappa shape index (κ3) is 2.80. The normalized spacial score (nSPS) is 17.8. The summed E-state index contributed by atoms with van der Waals surface area (Å²) >= 11 is 5.81. The molecule has 0 spiro atoms. The minimum Gasteiger partial charge on any atom is -0.394 e. The lowest BCUT2D eigenvalue weighted by Gasteiger charge is -2.34. The van der Waals surface area contributed by atoms with Gasteiger partial charge in [-0.2, -0.15) is 4.98 Å². The number of anilines is 2. The molecule has 1 aliphatic heterocycles. The first kappa shape index (κ1) is 12.4. The monoisotopic (exact) mass is 254 g/mol. The lowest BCUT2D eigenvalue weighted by Crippen LogP contribution is -2.36. The van der Waals surface area contributed by atoms with Gasteiger partial charge in [0.05, 0.1) is 11.9 Å². The van der Waals surface area contributed by atoms with Crippen LogP contribution in [0.25, 0.3) is 0 Å². The van der Waals surface area contributed by atoms with E-state index in [9.17, 15) is 0 Å². The van der Waals surface area contributed by atoms with Gasteiger partial charge >= 0.3 is 0 Å². The maximum atomic E-state index is 5.89. The van der Waals surface area contributed by atoms with Crippen LogP contribution in [0.2, 0.25) is 5.28 Å². The summed E-state index contributed by atoms with van der Waals surface area (Å²) < 4.78 is 0. The minimum absolute atomic E-state index is 0.264. The first-order chi connectivity index (χ1) is 8.08. The summed E-state index contributed by atoms with van der Waals surface area (Å²) in [5, 5.41) is 0.264. The van der Waals surface area contributed by atoms with Gasteiger partial charge in [0.1, 0.15) is 0 Å². The number of hydrogen-bond acceptors (Lipinski definition) is 4. The lowest BCUT2D eigenvalue weighted by molar-refractivity contribution is 0.311. The Morgan fingerprint density at radius 1 is 1.41 bits per heavy atom. The van der Waals surface area contributed by atoms with E-state index in [1.54, 1.807) is 6.20 Å². The summed E-state index contributed by atoms with van der Waals surface area (Å²) in [5.74, 6) is 2.35. The Morgan fingerprint density at radius 3 is 2.65 bits per heavy atom. The van der Waals surface area contributed by atoms with E-state index in [1.165, 1.54) is 12.8 Å². The Kier molecular flexibility index (Phi) is 3.72. The van der Waals surface area contributed by atoms with E-state index in [1.807, 2.05) is 0 Å². The molecular formula is C12H19ClN4. The third-order valence-electron chi connectivity index (χ3n) is 3.55. The number of nitrogens with zero attached hydrogens (tertiary/aromatic N) is 3. The Balaban J connectivity index is 2.07.